The molecule has 0 aliphatic heterocycles. The standard InChI is InChI=1S/C20H15ClN2/c21-11-12-23-18-8-4-2-5-13(18)14-9-10-17-19(20(14)23)15-6-1-3-7-16(15)22-17/h1-10,22H,11-12H2. The highest BCUT2D eigenvalue weighted by molar-refractivity contribution is 6.25. The molecule has 0 saturated carbocycles. The van der Waals surface area contributed by atoms with Crippen LogP contribution in [-0.2, 0) is 6.54 Å². The van der Waals surface area contributed by atoms with Crippen molar-refractivity contribution >= 4 is 55.2 Å². The highest BCUT2D eigenvalue weighted by Crippen LogP contribution is 2.37. The first-order valence-electron chi connectivity index (χ1n) is 7.85. The summed E-state index contributed by atoms with van der Waals surface area (Å²) in [7, 11) is 0. The first-order valence-corrected chi connectivity index (χ1v) is 8.38. The molecule has 23 heavy (non-hydrogen) atoms. The molecular formula is C20H15ClN2. The van der Waals surface area contributed by atoms with Gasteiger partial charge in [0, 0.05) is 50.5 Å². The Balaban J connectivity index is 2.11. The van der Waals surface area contributed by atoms with Crippen molar-refractivity contribution in [1.82, 2.24) is 9.55 Å². The van der Waals surface area contributed by atoms with Gasteiger partial charge in [0.25, 0.3) is 0 Å². The van der Waals surface area contributed by atoms with Gasteiger partial charge in [0.15, 0.2) is 0 Å². The molecule has 2 heterocycles. The molecule has 0 amide bonds. The molecule has 0 atom stereocenters. The summed E-state index contributed by atoms with van der Waals surface area (Å²) >= 11 is 6.11. The number of H-pyrrole nitrogens is 1. The predicted molar refractivity (Wildman–Crippen MR) is 99.5 cm³/mol. The predicted octanol–water partition coefficient (Wildman–Crippen LogP) is 5.67. The van der Waals surface area contributed by atoms with E-state index in [1.54, 1.807) is 0 Å². The maximum absolute atomic E-state index is 6.11. The van der Waals surface area contributed by atoms with E-state index in [1.165, 1.54) is 43.6 Å². The quantitative estimate of drug-likeness (QED) is 0.405. The minimum atomic E-state index is 0.604. The zero-order chi connectivity index (χ0) is 15.4. The Hall–Kier alpha value is -2.45. The number of para-hydroxylation sites is 2. The van der Waals surface area contributed by atoms with Crippen molar-refractivity contribution in [3.63, 3.8) is 0 Å². The SMILES string of the molecule is ClCCn1c2ccccc2c2ccc3[nH]c4ccccc4c3c21. The summed E-state index contributed by atoms with van der Waals surface area (Å²) in [6.07, 6.45) is 0. The third kappa shape index (κ3) is 1.70. The lowest BCUT2D eigenvalue weighted by Crippen LogP contribution is -1.98. The number of hydrogen-bond acceptors (Lipinski definition) is 0. The molecule has 2 nitrogen and oxygen atoms in total. The van der Waals surface area contributed by atoms with E-state index in [4.69, 9.17) is 11.6 Å². The molecule has 3 aromatic carbocycles. The number of benzene rings is 3. The van der Waals surface area contributed by atoms with Crippen LogP contribution in [0, 0.1) is 0 Å². The van der Waals surface area contributed by atoms with Crippen LogP contribution in [0.1, 0.15) is 0 Å². The number of rotatable bonds is 2. The van der Waals surface area contributed by atoms with E-state index in [1.807, 2.05) is 0 Å². The minimum Gasteiger partial charge on any atom is -0.354 e. The highest BCUT2D eigenvalue weighted by Gasteiger charge is 2.15. The lowest BCUT2D eigenvalue weighted by Gasteiger charge is -2.06. The van der Waals surface area contributed by atoms with E-state index in [0.29, 0.717) is 5.88 Å². The van der Waals surface area contributed by atoms with Crippen LogP contribution in [-0.4, -0.2) is 15.4 Å². The Morgan fingerprint density at radius 1 is 0.783 bits per heavy atom. The molecular weight excluding hydrogens is 304 g/mol. The van der Waals surface area contributed by atoms with Crippen molar-refractivity contribution < 1.29 is 0 Å². The summed E-state index contributed by atoms with van der Waals surface area (Å²) in [5.41, 5.74) is 4.89. The summed E-state index contributed by atoms with van der Waals surface area (Å²) < 4.78 is 2.36. The van der Waals surface area contributed by atoms with Gasteiger partial charge in [0.1, 0.15) is 0 Å². The van der Waals surface area contributed by atoms with Gasteiger partial charge in [-0.15, -0.1) is 11.6 Å². The molecule has 0 saturated heterocycles. The molecule has 5 rings (SSSR count). The first kappa shape index (κ1) is 13.0. The summed E-state index contributed by atoms with van der Waals surface area (Å²) in [5, 5.41) is 5.15. The molecule has 0 aliphatic carbocycles. The average Bonchev–Trinajstić information content (AvgIpc) is 3.11. The van der Waals surface area contributed by atoms with Crippen LogP contribution in [0.4, 0.5) is 0 Å². The van der Waals surface area contributed by atoms with Crippen LogP contribution in [0.2, 0.25) is 0 Å². The fourth-order valence-corrected chi connectivity index (χ4v) is 3.96. The number of nitrogens with zero attached hydrogens (tertiary/aromatic N) is 1. The smallest absolute Gasteiger partial charge is 0.0593 e. The monoisotopic (exact) mass is 318 g/mol. The lowest BCUT2D eigenvalue weighted by molar-refractivity contribution is 0.836. The van der Waals surface area contributed by atoms with Crippen LogP contribution >= 0.6 is 11.6 Å². The molecule has 0 unspecified atom stereocenters. The Kier molecular flexibility index (Phi) is 2.70. The maximum Gasteiger partial charge on any atom is 0.0593 e. The third-order valence-electron chi connectivity index (χ3n) is 4.71. The molecule has 0 radical (unpaired) electrons. The second-order valence-corrected chi connectivity index (χ2v) is 6.29. The third-order valence-corrected chi connectivity index (χ3v) is 4.88. The highest BCUT2D eigenvalue weighted by atomic mass is 35.5. The molecule has 0 aliphatic rings. The van der Waals surface area contributed by atoms with Crippen molar-refractivity contribution in [2.24, 2.45) is 0 Å². The van der Waals surface area contributed by atoms with E-state index in [9.17, 15) is 0 Å². The molecule has 0 spiro atoms. The van der Waals surface area contributed by atoms with Gasteiger partial charge in [-0.3, -0.25) is 0 Å². The molecule has 0 fully saturated rings. The van der Waals surface area contributed by atoms with Gasteiger partial charge in [-0.25, -0.2) is 0 Å². The van der Waals surface area contributed by atoms with Crippen LogP contribution in [0.25, 0.3) is 43.6 Å². The van der Waals surface area contributed by atoms with Crippen molar-refractivity contribution in [3.05, 3.63) is 60.7 Å². The van der Waals surface area contributed by atoms with E-state index in [-0.39, 0.29) is 0 Å². The number of aromatic amines is 1. The van der Waals surface area contributed by atoms with Crippen molar-refractivity contribution in [2.45, 2.75) is 6.54 Å². The molecule has 0 bridgehead atoms. The Labute approximate surface area is 138 Å². The fraction of sp³-hybridized carbons (Fsp3) is 0.100. The number of hydrogen-bond donors (Lipinski definition) is 1. The second-order valence-electron chi connectivity index (χ2n) is 5.91. The molecule has 3 heteroatoms. The maximum atomic E-state index is 6.11. The summed E-state index contributed by atoms with van der Waals surface area (Å²) in [6, 6.07) is 21.5. The second kappa shape index (κ2) is 4.77. The van der Waals surface area contributed by atoms with Crippen molar-refractivity contribution in [3.8, 4) is 0 Å². The number of aryl methyl sites for hydroxylation is 1. The number of aromatic nitrogens is 2. The number of nitrogens with one attached hydrogen (secondary N) is 1. The summed E-state index contributed by atoms with van der Waals surface area (Å²) in [4.78, 5) is 3.54. The molecule has 1 N–H and O–H groups in total. The van der Waals surface area contributed by atoms with Gasteiger partial charge in [0.05, 0.1) is 5.52 Å². The number of halogens is 1. The lowest BCUT2D eigenvalue weighted by atomic mass is 10.1. The molecule has 2 aromatic heterocycles. The Morgan fingerprint density at radius 2 is 1.57 bits per heavy atom. The van der Waals surface area contributed by atoms with Gasteiger partial charge in [-0.2, -0.15) is 0 Å². The normalized spacial score (nSPS) is 12.0. The molecule has 112 valence electrons. The first-order chi connectivity index (χ1) is 11.4. The minimum absolute atomic E-state index is 0.604. The fourth-order valence-electron chi connectivity index (χ4n) is 3.79. The van der Waals surface area contributed by atoms with Crippen LogP contribution in [0.15, 0.2) is 60.7 Å². The summed E-state index contributed by atoms with van der Waals surface area (Å²) in [5.74, 6) is 0.604. The zero-order valence-corrected chi connectivity index (χ0v) is 13.3. The van der Waals surface area contributed by atoms with E-state index in [0.717, 1.165) is 6.54 Å². The van der Waals surface area contributed by atoms with Crippen LogP contribution < -0.4 is 0 Å². The largest absolute Gasteiger partial charge is 0.354 e. The van der Waals surface area contributed by atoms with E-state index >= 15 is 0 Å². The zero-order valence-electron chi connectivity index (χ0n) is 12.5. The topological polar surface area (TPSA) is 20.7 Å². The average molecular weight is 319 g/mol. The van der Waals surface area contributed by atoms with Gasteiger partial charge >= 0.3 is 0 Å². The number of alkyl halides is 1. The Bertz CT molecular complexity index is 1180. The van der Waals surface area contributed by atoms with Crippen LogP contribution in [0.3, 0.4) is 0 Å². The van der Waals surface area contributed by atoms with E-state index < -0.39 is 0 Å². The van der Waals surface area contributed by atoms with Gasteiger partial charge in [-0.1, -0.05) is 42.5 Å². The van der Waals surface area contributed by atoms with Gasteiger partial charge < -0.3 is 9.55 Å². The van der Waals surface area contributed by atoms with E-state index in [2.05, 4.69) is 70.2 Å². The van der Waals surface area contributed by atoms with Crippen molar-refractivity contribution in [2.75, 3.05) is 5.88 Å². The van der Waals surface area contributed by atoms with Crippen molar-refractivity contribution in [1.29, 1.82) is 0 Å². The van der Waals surface area contributed by atoms with Gasteiger partial charge in [0.2, 0.25) is 0 Å². The molecule has 5 aromatic rings. The van der Waals surface area contributed by atoms with Gasteiger partial charge in [-0.05, 0) is 18.2 Å². The summed E-state index contributed by atoms with van der Waals surface area (Å²) in [6.45, 7) is 0.810. The number of fused-ring (bicyclic) bond motifs is 7. The Morgan fingerprint density at radius 3 is 2.43 bits per heavy atom. The van der Waals surface area contributed by atoms with Crippen LogP contribution in [0.5, 0.6) is 0 Å².